The Balaban J connectivity index is 1.86. The number of carbonyl (C=O) groups is 1. The first kappa shape index (κ1) is 14.5. The number of carbonyl (C=O) groups excluding carboxylic acids is 1. The van der Waals surface area contributed by atoms with Crippen LogP contribution < -0.4 is 5.32 Å². The predicted octanol–water partition coefficient (Wildman–Crippen LogP) is 4.01. The Morgan fingerprint density at radius 1 is 1.45 bits per heavy atom. The molecule has 1 aromatic carbocycles. The van der Waals surface area contributed by atoms with Crippen LogP contribution >= 0.6 is 22.9 Å². The van der Waals surface area contributed by atoms with Crippen molar-refractivity contribution in [2.75, 3.05) is 5.32 Å². The average Bonchev–Trinajstić information content (AvgIpc) is 3.00. The van der Waals surface area contributed by atoms with Crippen molar-refractivity contribution in [2.45, 2.75) is 6.92 Å². The van der Waals surface area contributed by atoms with Crippen molar-refractivity contribution in [3.05, 3.63) is 49.5 Å². The molecule has 112 valence electrons. The summed E-state index contributed by atoms with van der Waals surface area (Å²) in [7, 11) is 0. The van der Waals surface area contributed by atoms with E-state index in [9.17, 15) is 14.9 Å². The number of fused-ring (bicyclic) bond motifs is 1. The third-order valence-electron chi connectivity index (χ3n) is 2.84. The minimum absolute atomic E-state index is 0.0299. The van der Waals surface area contributed by atoms with E-state index in [1.165, 1.54) is 0 Å². The quantitative estimate of drug-likeness (QED) is 0.575. The second-order valence-corrected chi connectivity index (χ2v) is 6.05. The van der Waals surface area contributed by atoms with E-state index in [-0.39, 0.29) is 14.9 Å². The summed E-state index contributed by atoms with van der Waals surface area (Å²) in [5, 5.41) is 13.4. The lowest BCUT2D eigenvalue weighted by Gasteiger charge is -2.02. The molecule has 0 bridgehead atoms. The van der Waals surface area contributed by atoms with Gasteiger partial charge in [-0.1, -0.05) is 11.6 Å². The van der Waals surface area contributed by atoms with Gasteiger partial charge in [0.05, 0.1) is 4.92 Å². The highest BCUT2D eigenvalue weighted by Crippen LogP contribution is 2.34. The molecule has 3 aromatic rings. The van der Waals surface area contributed by atoms with Crippen LogP contribution in [-0.4, -0.2) is 15.8 Å². The Morgan fingerprint density at radius 2 is 2.23 bits per heavy atom. The SMILES string of the molecule is Cc1nc2cc(NC(=O)c3cc([N+](=O)[O-])c(Cl)s3)ccc2o1. The predicted molar refractivity (Wildman–Crippen MR) is 82.7 cm³/mol. The summed E-state index contributed by atoms with van der Waals surface area (Å²) < 4.78 is 5.31. The number of hydrogen-bond donors (Lipinski definition) is 1. The van der Waals surface area contributed by atoms with Crippen LogP contribution in [0.15, 0.2) is 28.7 Å². The van der Waals surface area contributed by atoms with Gasteiger partial charge >= 0.3 is 0 Å². The van der Waals surface area contributed by atoms with Gasteiger partial charge in [0.1, 0.15) is 10.4 Å². The molecule has 0 aliphatic heterocycles. The number of amides is 1. The Labute approximate surface area is 132 Å². The standard InChI is InChI=1S/C13H8ClN3O4S/c1-6-15-8-4-7(2-3-10(8)21-6)16-13(18)11-5-9(17(19)20)12(14)22-11/h2-5H,1H3,(H,16,18). The highest BCUT2D eigenvalue weighted by atomic mass is 35.5. The van der Waals surface area contributed by atoms with Crippen LogP contribution in [0.25, 0.3) is 11.1 Å². The Morgan fingerprint density at radius 3 is 2.91 bits per heavy atom. The van der Waals surface area contributed by atoms with Gasteiger partial charge in [-0.3, -0.25) is 14.9 Å². The van der Waals surface area contributed by atoms with E-state index in [1.807, 2.05) is 0 Å². The highest BCUT2D eigenvalue weighted by Gasteiger charge is 2.21. The summed E-state index contributed by atoms with van der Waals surface area (Å²) >= 11 is 6.60. The number of oxazole rings is 1. The number of thiophene rings is 1. The van der Waals surface area contributed by atoms with Crippen molar-refractivity contribution in [3.63, 3.8) is 0 Å². The summed E-state index contributed by atoms with van der Waals surface area (Å²) in [6.45, 7) is 1.73. The smallest absolute Gasteiger partial charge is 0.299 e. The molecule has 2 heterocycles. The van der Waals surface area contributed by atoms with Crippen molar-refractivity contribution < 1.29 is 14.1 Å². The van der Waals surface area contributed by atoms with Crippen LogP contribution in [0, 0.1) is 17.0 Å². The number of anilines is 1. The van der Waals surface area contributed by atoms with E-state index < -0.39 is 10.8 Å². The highest BCUT2D eigenvalue weighted by molar-refractivity contribution is 7.18. The largest absolute Gasteiger partial charge is 0.441 e. The first-order chi connectivity index (χ1) is 10.4. The molecular weight excluding hydrogens is 330 g/mol. The van der Waals surface area contributed by atoms with E-state index in [4.69, 9.17) is 16.0 Å². The van der Waals surface area contributed by atoms with Gasteiger partial charge in [0.15, 0.2) is 15.8 Å². The van der Waals surface area contributed by atoms with Crippen LogP contribution in [-0.2, 0) is 0 Å². The van der Waals surface area contributed by atoms with Crippen LogP contribution in [0.5, 0.6) is 0 Å². The van der Waals surface area contributed by atoms with Crippen molar-refractivity contribution in [3.8, 4) is 0 Å². The zero-order chi connectivity index (χ0) is 15.9. The number of rotatable bonds is 3. The van der Waals surface area contributed by atoms with Gasteiger partial charge in [0, 0.05) is 18.7 Å². The molecule has 1 N–H and O–H groups in total. The molecule has 0 radical (unpaired) electrons. The van der Waals surface area contributed by atoms with E-state index in [2.05, 4.69) is 10.3 Å². The van der Waals surface area contributed by atoms with Crippen molar-refractivity contribution in [2.24, 2.45) is 0 Å². The summed E-state index contributed by atoms with van der Waals surface area (Å²) in [5.74, 6) is 0.0544. The Kier molecular flexibility index (Phi) is 3.55. The second-order valence-electron chi connectivity index (χ2n) is 4.40. The fourth-order valence-electron chi connectivity index (χ4n) is 1.91. The number of benzene rings is 1. The maximum Gasteiger partial charge on any atom is 0.299 e. The fraction of sp³-hybridized carbons (Fsp3) is 0.0769. The topological polar surface area (TPSA) is 98.3 Å². The zero-order valence-electron chi connectivity index (χ0n) is 11.1. The molecule has 0 atom stereocenters. The minimum Gasteiger partial charge on any atom is -0.441 e. The molecule has 0 unspecified atom stereocenters. The van der Waals surface area contributed by atoms with E-state index in [1.54, 1.807) is 25.1 Å². The van der Waals surface area contributed by atoms with Gasteiger partial charge in [-0.05, 0) is 18.2 Å². The minimum atomic E-state index is -0.625. The summed E-state index contributed by atoms with van der Waals surface area (Å²) in [4.78, 5) is 26.6. The summed E-state index contributed by atoms with van der Waals surface area (Å²) in [6.07, 6.45) is 0. The molecule has 2 aromatic heterocycles. The maximum absolute atomic E-state index is 12.1. The van der Waals surface area contributed by atoms with Gasteiger partial charge < -0.3 is 9.73 Å². The van der Waals surface area contributed by atoms with Crippen molar-refractivity contribution in [1.29, 1.82) is 0 Å². The normalized spacial score (nSPS) is 10.8. The molecule has 0 spiro atoms. The molecule has 7 nitrogen and oxygen atoms in total. The fourth-order valence-corrected chi connectivity index (χ4v) is 3.03. The number of halogens is 1. The third-order valence-corrected chi connectivity index (χ3v) is 4.18. The Bertz CT molecular complexity index is 902. The van der Waals surface area contributed by atoms with Crippen LogP contribution in [0.1, 0.15) is 15.6 Å². The van der Waals surface area contributed by atoms with Gasteiger partial charge in [0.2, 0.25) is 0 Å². The van der Waals surface area contributed by atoms with Crippen LogP contribution in [0.3, 0.4) is 0 Å². The number of aryl methyl sites for hydroxylation is 1. The van der Waals surface area contributed by atoms with Crippen molar-refractivity contribution >= 4 is 51.3 Å². The van der Waals surface area contributed by atoms with Gasteiger partial charge in [-0.15, -0.1) is 11.3 Å². The monoisotopic (exact) mass is 337 g/mol. The number of nitro groups is 1. The molecule has 0 aliphatic carbocycles. The summed E-state index contributed by atoms with van der Waals surface area (Å²) in [6, 6.07) is 6.16. The molecule has 0 aliphatic rings. The van der Waals surface area contributed by atoms with E-state index >= 15 is 0 Å². The molecule has 1 amide bonds. The van der Waals surface area contributed by atoms with Crippen LogP contribution in [0.4, 0.5) is 11.4 Å². The van der Waals surface area contributed by atoms with Gasteiger partial charge in [-0.25, -0.2) is 4.98 Å². The molecule has 0 saturated carbocycles. The number of nitrogens with zero attached hydrogens (tertiary/aromatic N) is 2. The molecule has 0 fully saturated rings. The number of nitrogens with one attached hydrogen (secondary N) is 1. The van der Waals surface area contributed by atoms with Crippen LogP contribution in [0.2, 0.25) is 4.34 Å². The van der Waals surface area contributed by atoms with Gasteiger partial charge in [0.25, 0.3) is 11.6 Å². The second kappa shape index (κ2) is 5.39. The van der Waals surface area contributed by atoms with Crippen molar-refractivity contribution in [1.82, 2.24) is 4.98 Å². The third kappa shape index (κ3) is 2.66. The molecule has 22 heavy (non-hydrogen) atoms. The first-order valence-electron chi connectivity index (χ1n) is 6.06. The molecule has 9 heteroatoms. The molecule has 3 rings (SSSR count). The lowest BCUT2D eigenvalue weighted by molar-refractivity contribution is -0.384. The molecule has 0 saturated heterocycles. The zero-order valence-corrected chi connectivity index (χ0v) is 12.7. The van der Waals surface area contributed by atoms with E-state index in [0.717, 1.165) is 17.4 Å². The Hall–Kier alpha value is -2.45. The number of aromatic nitrogens is 1. The summed E-state index contributed by atoms with van der Waals surface area (Å²) in [5.41, 5.74) is 1.47. The van der Waals surface area contributed by atoms with Gasteiger partial charge in [-0.2, -0.15) is 0 Å². The lowest BCUT2D eigenvalue weighted by Crippen LogP contribution is -2.09. The molecular formula is C13H8ClN3O4S. The van der Waals surface area contributed by atoms with E-state index in [0.29, 0.717) is 22.7 Å². The maximum atomic E-state index is 12.1. The number of hydrogen-bond acceptors (Lipinski definition) is 6. The average molecular weight is 338 g/mol. The first-order valence-corrected chi connectivity index (χ1v) is 7.26. The lowest BCUT2D eigenvalue weighted by atomic mass is 10.3.